The van der Waals surface area contributed by atoms with Crippen molar-refractivity contribution in [3.63, 3.8) is 0 Å². The van der Waals surface area contributed by atoms with Gasteiger partial charge in [0, 0.05) is 12.2 Å². The molecule has 1 aromatic heterocycles. The van der Waals surface area contributed by atoms with Crippen molar-refractivity contribution in [2.45, 2.75) is 45.2 Å². The van der Waals surface area contributed by atoms with Crippen LogP contribution in [0.1, 0.15) is 31.2 Å². The molecule has 1 aliphatic rings. The van der Waals surface area contributed by atoms with Crippen molar-refractivity contribution in [3.05, 3.63) is 18.0 Å². The van der Waals surface area contributed by atoms with Gasteiger partial charge in [-0.2, -0.15) is 5.10 Å². The van der Waals surface area contributed by atoms with Gasteiger partial charge in [0.15, 0.2) is 0 Å². The molecule has 3 nitrogen and oxygen atoms in total. The Morgan fingerprint density at radius 2 is 2.27 bits per heavy atom. The second kappa shape index (κ2) is 4.79. The van der Waals surface area contributed by atoms with E-state index in [1.807, 2.05) is 6.20 Å². The Morgan fingerprint density at radius 3 is 2.80 bits per heavy atom. The molecule has 1 unspecified atom stereocenters. The van der Waals surface area contributed by atoms with Crippen LogP contribution >= 0.6 is 0 Å². The minimum atomic E-state index is 0.590. The summed E-state index contributed by atoms with van der Waals surface area (Å²) in [4.78, 5) is 0. The Labute approximate surface area is 91.9 Å². The van der Waals surface area contributed by atoms with Gasteiger partial charge < -0.3 is 5.32 Å². The zero-order valence-electron chi connectivity index (χ0n) is 9.74. The van der Waals surface area contributed by atoms with Crippen LogP contribution in [0.15, 0.2) is 12.4 Å². The van der Waals surface area contributed by atoms with Crippen LogP contribution in [0, 0.1) is 12.8 Å². The molecule has 1 aromatic rings. The molecule has 84 valence electrons. The lowest BCUT2D eigenvalue weighted by molar-refractivity contribution is 0.328. The maximum Gasteiger partial charge on any atom is 0.0565 e. The topological polar surface area (TPSA) is 29.9 Å². The normalized spacial score (nSPS) is 19.6. The molecule has 1 aliphatic carbocycles. The third-order valence-corrected chi connectivity index (χ3v) is 3.49. The first-order chi connectivity index (χ1) is 7.29. The standard InChI is InChI=1S/C12H21N3/c1-10-7-14-15(8-10)9-12(13-2)11-5-3-4-6-11/h7-8,11-13H,3-6,9H2,1-2H3. The first kappa shape index (κ1) is 10.7. The van der Waals surface area contributed by atoms with E-state index in [4.69, 9.17) is 0 Å². The molecule has 0 spiro atoms. The van der Waals surface area contributed by atoms with Crippen LogP contribution in [0.25, 0.3) is 0 Å². The van der Waals surface area contributed by atoms with E-state index >= 15 is 0 Å². The summed E-state index contributed by atoms with van der Waals surface area (Å²) >= 11 is 0. The van der Waals surface area contributed by atoms with Gasteiger partial charge in [-0.05, 0) is 38.3 Å². The van der Waals surface area contributed by atoms with Gasteiger partial charge in [-0.15, -0.1) is 0 Å². The van der Waals surface area contributed by atoms with Crippen LogP contribution in [0.4, 0.5) is 0 Å². The summed E-state index contributed by atoms with van der Waals surface area (Å²) in [5, 5.41) is 7.79. The highest BCUT2D eigenvalue weighted by Gasteiger charge is 2.23. The Morgan fingerprint density at radius 1 is 1.53 bits per heavy atom. The second-order valence-electron chi connectivity index (χ2n) is 4.68. The molecule has 1 atom stereocenters. The highest BCUT2D eigenvalue weighted by molar-refractivity contribution is 4.99. The molecule has 0 saturated heterocycles. The zero-order chi connectivity index (χ0) is 10.7. The molecule has 0 aromatic carbocycles. The highest BCUT2D eigenvalue weighted by atomic mass is 15.3. The quantitative estimate of drug-likeness (QED) is 0.818. The number of hydrogen-bond donors (Lipinski definition) is 1. The fourth-order valence-electron chi connectivity index (χ4n) is 2.60. The van der Waals surface area contributed by atoms with Crippen LogP contribution in [-0.2, 0) is 6.54 Å². The van der Waals surface area contributed by atoms with Crippen molar-refractivity contribution in [1.82, 2.24) is 15.1 Å². The molecular weight excluding hydrogens is 186 g/mol. The number of aromatic nitrogens is 2. The van der Waals surface area contributed by atoms with Gasteiger partial charge in [0.1, 0.15) is 0 Å². The number of nitrogens with one attached hydrogen (secondary N) is 1. The fraction of sp³-hybridized carbons (Fsp3) is 0.750. The van der Waals surface area contributed by atoms with Gasteiger partial charge in [-0.25, -0.2) is 0 Å². The zero-order valence-corrected chi connectivity index (χ0v) is 9.74. The van der Waals surface area contributed by atoms with E-state index in [1.165, 1.54) is 31.2 Å². The molecule has 0 bridgehead atoms. The maximum atomic E-state index is 4.35. The fourth-order valence-corrected chi connectivity index (χ4v) is 2.60. The van der Waals surface area contributed by atoms with Gasteiger partial charge in [0.05, 0.1) is 12.7 Å². The molecular formula is C12H21N3. The number of nitrogens with zero attached hydrogens (tertiary/aromatic N) is 2. The molecule has 15 heavy (non-hydrogen) atoms. The predicted molar refractivity (Wildman–Crippen MR) is 61.8 cm³/mol. The third kappa shape index (κ3) is 2.59. The molecule has 0 aliphatic heterocycles. The summed E-state index contributed by atoms with van der Waals surface area (Å²) in [5.41, 5.74) is 1.25. The number of hydrogen-bond acceptors (Lipinski definition) is 2. The molecule has 3 heteroatoms. The van der Waals surface area contributed by atoms with Crippen LogP contribution in [0.5, 0.6) is 0 Å². The van der Waals surface area contributed by atoms with Crippen LogP contribution < -0.4 is 5.32 Å². The minimum absolute atomic E-state index is 0.590. The summed E-state index contributed by atoms with van der Waals surface area (Å²) < 4.78 is 2.06. The monoisotopic (exact) mass is 207 g/mol. The number of likely N-dealkylation sites (N-methyl/N-ethyl adjacent to an activating group) is 1. The molecule has 1 N–H and O–H groups in total. The number of aryl methyl sites for hydroxylation is 1. The van der Waals surface area contributed by atoms with Gasteiger partial charge in [0.25, 0.3) is 0 Å². The Hall–Kier alpha value is -0.830. The van der Waals surface area contributed by atoms with Crippen molar-refractivity contribution in [3.8, 4) is 0 Å². The molecule has 1 saturated carbocycles. The summed E-state index contributed by atoms with van der Waals surface area (Å²) in [6, 6.07) is 0.590. The predicted octanol–water partition coefficient (Wildman–Crippen LogP) is 1.97. The molecule has 1 heterocycles. The SMILES string of the molecule is CNC(Cn1cc(C)cn1)C1CCCC1. The summed E-state index contributed by atoms with van der Waals surface area (Å²) in [5.74, 6) is 0.847. The summed E-state index contributed by atoms with van der Waals surface area (Å²) in [6.45, 7) is 3.10. The smallest absolute Gasteiger partial charge is 0.0565 e. The lowest BCUT2D eigenvalue weighted by Gasteiger charge is -2.22. The largest absolute Gasteiger partial charge is 0.315 e. The van der Waals surface area contributed by atoms with Crippen molar-refractivity contribution in [2.75, 3.05) is 7.05 Å². The molecule has 0 amide bonds. The maximum absolute atomic E-state index is 4.35. The second-order valence-corrected chi connectivity index (χ2v) is 4.68. The number of rotatable bonds is 4. The van der Waals surface area contributed by atoms with Crippen molar-refractivity contribution < 1.29 is 0 Å². The Balaban J connectivity index is 1.95. The molecule has 2 rings (SSSR count). The van der Waals surface area contributed by atoms with Gasteiger partial charge in [-0.1, -0.05) is 12.8 Å². The van der Waals surface area contributed by atoms with E-state index in [0.29, 0.717) is 6.04 Å². The first-order valence-electron chi connectivity index (χ1n) is 5.96. The van der Waals surface area contributed by atoms with Crippen molar-refractivity contribution in [2.24, 2.45) is 5.92 Å². The van der Waals surface area contributed by atoms with E-state index in [-0.39, 0.29) is 0 Å². The van der Waals surface area contributed by atoms with Gasteiger partial charge in [0.2, 0.25) is 0 Å². The Kier molecular flexibility index (Phi) is 3.41. The Bertz CT molecular complexity index is 300. The van der Waals surface area contributed by atoms with E-state index in [1.54, 1.807) is 0 Å². The summed E-state index contributed by atoms with van der Waals surface area (Å²) in [7, 11) is 2.07. The van der Waals surface area contributed by atoms with E-state index < -0.39 is 0 Å². The minimum Gasteiger partial charge on any atom is -0.315 e. The van der Waals surface area contributed by atoms with Gasteiger partial charge >= 0.3 is 0 Å². The van der Waals surface area contributed by atoms with E-state index in [2.05, 4.69) is 35.3 Å². The van der Waals surface area contributed by atoms with Gasteiger partial charge in [-0.3, -0.25) is 4.68 Å². The van der Waals surface area contributed by atoms with Crippen molar-refractivity contribution >= 4 is 0 Å². The lowest BCUT2D eigenvalue weighted by atomic mass is 9.98. The first-order valence-corrected chi connectivity index (χ1v) is 5.96. The lowest BCUT2D eigenvalue weighted by Crippen LogP contribution is -2.36. The average Bonchev–Trinajstić information content (AvgIpc) is 2.85. The molecule has 0 radical (unpaired) electrons. The third-order valence-electron chi connectivity index (χ3n) is 3.49. The highest BCUT2D eigenvalue weighted by Crippen LogP contribution is 2.28. The average molecular weight is 207 g/mol. The van der Waals surface area contributed by atoms with Crippen LogP contribution in [0.2, 0.25) is 0 Å². The summed E-state index contributed by atoms with van der Waals surface area (Å²) in [6.07, 6.45) is 9.63. The van der Waals surface area contributed by atoms with Crippen LogP contribution in [0.3, 0.4) is 0 Å². The van der Waals surface area contributed by atoms with Crippen LogP contribution in [-0.4, -0.2) is 22.9 Å². The molecule has 1 fully saturated rings. The van der Waals surface area contributed by atoms with E-state index in [9.17, 15) is 0 Å². The van der Waals surface area contributed by atoms with Crippen molar-refractivity contribution in [1.29, 1.82) is 0 Å². The van der Waals surface area contributed by atoms with E-state index in [0.717, 1.165) is 12.5 Å².